The normalized spacial score (nSPS) is 11.0. The number of benzene rings is 2. The van der Waals surface area contributed by atoms with Crippen LogP contribution in [0.4, 0.5) is 11.4 Å². The van der Waals surface area contributed by atoms with E-state index >= 15 is 0 Å². The summed E-state index contributed by atoms with van der Waals surface area (Å²) < 4.78 is 5.63. The van der Waals surface area contributed by atoms with Gasteiger partial charge >= 0.3 is 0 Å². The molecular weight excluding hydrogens is 350 g/mol. The van der Waals surface area contributed by atoms with Gasteiger partial charge in [0, 0.05) is 18.2 Å². The Labute approximate surface area is 152 Å². The number of hydrogen-bond acceptors (Lipinski definition) is 6. The lowest BCUT2D eigenvalue weighted by Gasteiger charge is -2.00. The molecule has 0 atom stereocenters. The number of hydrogen-bond donors (Lipinski definition) is 0. The van der Waals surface area contributed by atoms with E-state index in [4.69, 9.17) is 4.42 Å². The lowest BCUT2D eigenvalue weighted by atomic mass is 10.1. The highest BCUT2D eigenvalue weighted by atomic mass is 16.6. The third kappa shape index (κ3) is 3.72. The van der Waals surface area contributed by atoms with Crippen molar-refractivity contribution < 1.29 is 14.3 Å². The van der Waals surface area contributed by atoms with Crippen LogP contribution in [0.3, 0.4) is 0 Å². The van der Waals surface area contributed by atoms with Crippen molar-refractivity contribution in [3.05, 3.63) is 92.2 Å². The Bertz CT molecular complexity index is 1110. The number of rotatable bonds is 5. The fourth-order valence-electron chi connectivity index (χ4n) is 2.53. The van der Waals surface area contributed by atoms with E-state index in [0.29, 0.717) is 16.9 Å². The molecule has 0 N–H and O–H groups in total. The number of para-hydroxylation sites is 1. The number of allylic oxidation sites excluding steroid dienone is 1. The Morgan fingerprint density at radius 1 is 1.00 bits per heavy atom. The quantitative estimate of drug-likeness (QED) is 0.364. The summed E-state index contributed by atoms with van der Waals surface area (Å²) >= 11 is 0. The zero-order valence-electron chi connectivity index (χ0n) is 13.7. The predicted molar refractivity (Wildman–Crippen MR) is 97.4 cm³/mol. The van der Waals surface area contributed by atoms with Gasteiger partial charge in [-0.25, -0.2) is 0 Å². The summed E-state index contributed by atoms with van der Waals surface area (Å²) in [6.07, 6.45) is 1.43. The molecule has 0 amide bonds. The minimum absolute atomic E-state index is 0.0958. The molecule has 0 fully saturated rings. The van der Waals surface area contributed by atoms with Crippen molar-refractivity contribution in [3.63, 3.8) is 0 Å². The first kappa shape index (κ1) is 17.6. The van der Waals surface area contributed by atoms with Gasteiger partial charge in [0.1, 0.15) is 11.5 Å². The fourth-order valence-corrected chi connectivity index (χ4v) is 2.53. The summed E-state index contributed by atoms with van der Waals surface area (Å²) in [6.45, 7) is 0. The summed E-state index contributed by atoms with van der Waals surface area (Å²) in [6, 6.07) is 17.0. The molecule has 3 aromatic rings. The summed E-state index contributed by atoms with van der Waals surface area (Å²) in [7, 11) is 0. The van der Waals surface area contributed by atoms with Gasteiger partial charge < -0.3 is 4.42 Å². The molecule has 0 unspecified atom stereocenters. The summed E-state index contributed by atoms with van der Waals surface area (Å²) in [4.78, 5) is 21.0. The van der Waals surface area contributed by atoms with Crippen LogP contribution in [0.25, 0.3) is 23.0 Å². The number of non-ortho nitro benzene ring substituents is 1. The van der Waals surface area contributed by atoms with Gasteiger partial charge in [0.25, 0.3) is 11.4 Å². The van der Waals surface area contributed by atoms with E-state index in [1.807, 2.05) is 6.07 Å². The second kappa shape index (κ2) is 7.33. The van der Waals surface area contributed by atoms with E-state index in [2.05, 4.69) is 0 Å². The van der Waals surface area contributed by atoms with Crippen molar-refractivity contribution in [1.29, 1.82) is 5.26 Å². The van der Waals surface area contributed by atoms with Crippen molar-refractivity contribution in [3.8, 4) is 17.4 Å². The van der Waals surface area contributed by atoms with Gasteiger partial charge in [-0.05, 0) is 29.8 Å². The molecule has 0 bridgehead atoms. The number of nitro benzene ring substituents is 2. The summed E-state index contributed by atoms with van der Waals surface area (Å²) in [5, 5.41) is 31.4. The summed E-state index contributed by atoms with van der Waals surface area (Å²) in [5.74, 6) is 0.580. The molecule has 8 heteroatoms. The van der Waals surface area contributed by atoms with Crippen LogP contribution in [0, 0.1) is 31.6 Å². The lowest BCUT2D eigenvalue weighted by molar-refractivity contribution is -0.384. The zero-order valence-corrected chi connectivity index (χ0v) is 13.7. The highest BCUT2D eigenvalue weighted by molar-refractivity contribution is 5.89. The van der Waals surface area contributed by atoms with Crippen LogP contribution in [0.2, 0.25) is 0 Å². The molecule has 132 valence electrons. The average Bonchev–Trinajstić information content (AvgIpc) is 3.14. The Balaban J connectivity index is 1.99. The Morgan fingerprint density at radius 2 is 1.78 bits per heavy atom. The fraction of sp³-hybridized carbons (Fsp3) is 0. The van der Waals surface area contributed by atoms with E-state index in [1.54, 1.807) is 36.4 Å². The molecule has 1 heterocycles. The van der Waals surface area contributed by atoms with Gasteiger partial charge in [-0.15, -0.1) is 0 Å². The average molecular weight is 361 g/mol. The predicted octanol–water partition coefficient (Wildman–Crippen LogP) is 4.83. The standard InChI is InChI=1S/C19H11N3O5/c20-12-14(13-4-3-5-15(10-13)21(23)24)11-16-8-9-19(27-16)17-6-1-2-7-18(17)22(25)26/h1-11H. The molecule has 0 aliphatic heterocycles. The monoisotopic (exact) mass is 361 g/mol. The van der Waals surface area contributed by atoms with Crippen LogP contribution in [-0.2, 0) is 0 Å². The maximum atomic E-state index is 11.2. The van der Waals surface area contributed by atoms with Crippen molar-refractivity contribution in [2.45, 2.75) is 0 Å². The van der Waals surface area contributed by atoms with Gasteiger partial charge in [-0.3, -0.25) is 20.2 Å². The Kier molecular flexibility index (Phi) is 4.77. The van der Waals surface area contributed by atoms with Gasteiger partial charge in [0.15, 0.2) is 0 Å². The minimum Gasteiger partial charge on any atom is -0.456 e. The van der Waals surface area contributed by atoms with E-state index in [-0.39, 0.29) is 22.7 Å². The van der Waals surface area contributed by atoms with Crippen LogP contribution < -0.4 is 0 Å². The molecule has 0 radical (unpaired) electrons. The summed E-state index contributed by atoms with van der Waals surface area (Å²) in [5.41, 5.74) is 0.628. The highest BCUT2D eigenvalue weighted by Gasteiger charge is 2.17. The molecule has 3 rings (SSSR count). The van der Waals surface area contributed by atoms with E-state index in [9.17, 15) is 25.5 Å². The SMILES string of the molecule is N#CC(=Cc1ccc(-c2ccccc2[N+](=O)[O-])o1)c1cccc([N+](=O)[O-])c1. The van der Waals surface area contributed by atoms with Crippen molar-refractivity contribution in [2.24, 2.45) is 0 Å². The van der Waals surface area contributed by atoms with E-state index in [0.717, 1.165) is 0 Å². The lowest BCUT2D eigenvalue weighted by Crippen LogP contribution is -1.90. The molecule has 2 aromatic carbocycles. The first-order valence-electron chi connectivity index (χ1n) is 7.70. The number of nitriles is 1. The number of nitrogens with zero attached hydrogens (tertiary/aromatic N) is 3. The van der Waals surface area contributed by atoms with Crippen LogP contribution in [0.1, 0.15) is 11.3 Å². The van der Waals surface area contributed by atoms with Crippen LogP contribution in [0.5, 0.6) is 0 Å². The molecule has 0 saturated carbocycles. The smallest absolute Gasteiger partial charge is 0.280 e. The Morgan fingerprint density at radius 3 is 2.48 bits per heavy atom. The second-order valence-corrected chi connectivity index (χ2v) is 5.45. The van der Waals surface area contributed by atoms with Crippen molar-refractivity contribution >= 4 is 23.0 Å². The molecule has 0 saturated heterocycles. The van der Waals surface area contributed by atoms with Crippen LogP contribution in [-0.4, -0.2) is 9.85 Å². The van der Waals surface area contributed by atoms with Gasteiger partial charge in [0.2, 0.25) is 0 Å². The van der Waals surface area contributed by atoms with Crippen LogP contribution in [0.15, 0.2) is 65.1 Å². The number of furan rings is 1. The first-order valence-corrected chi connectivity index (χ1v) is 7.70. The topological polar surface area (TPSA) is 123 Å². The molecule has 0 spiro atoms. The van der Waals surface area contributed by atoms with Crippen LogP contribution >= 0.6 is 0 Å². The third-order valence-electron chi connectivity index (χ3n) is 3.77. The minimum atomic E-state index is -0.544. The first-order chi connectivity index (χ1) is 13.0. The largest absolute Gasteiger partial charge is 0.456 e. The maximum absolute atomic E-state index is 11.2. The van der Waals surface area contributed by atoms with Crippen molar-refractivity contribution in [1.82, 2.24) is 0 Å². The Hall–Kier alpha value is -4.25. The molecule has 8 nitrogen and oxygen atoms in total. The molecule has 1 aromatic heterocycles. The van der Waals surface area contributed by atoms with Gasteiger partial charge in [-0.2, -0.15) is 5.26 Å². The van der Waals surface area contributed by atoms with Gasteiger partial charge in [-0.1, -0.05) is 24.3 Å². The molecule has 27 heavy (non-hydrogen) atoms. The zero-order chi connectivity index (χ0) is 19.4. The molecule has 0 aliphatic rings. The highest BCUT2D eigenvalue weighted by Crippen LogP contribution is 2.32. The second-order valence-electron chi connectivity index (χ2n) is 5.45. The van der Waals surface area contributed by atoms with E-state index < -0.39 is 9.85 Å². The van der Waals surface area contributed by atoms with Gasteiger partial charge in [0.05, 0.1) is 27.1 Å². The third-order valence-corrected chi connectivity index (χ3v) is 3.77. The maximum Gasteiger partial charge on any atom is 0.280 e. The molecular formula is C19H11N3O5. The molecule has 0 aliphatic carbocycles. The number of nitro groups is 2. The van der Waals surface area contributed by atoms with E-state index in [1.165, 1.54) is 30.3 Å². The van der Waals surface area contributed by atoms with Crippen molar-refractivity contribution in [2.75, 3.05) is 0 Å².